The van der Waals surface area contributed by atoms with Crippen LogP contribution in [0.3, 0.4) is 0 Å². The van der Waals surface area contributed by atoms with Crippen LogP contribution in [0.25, 0.3) is 0 Å². The van der Waals surface area contributed by atoms with E-state index in [1.807, 2.05) is 0 Å². The second-order valence-electron chi connectivity index (χ2n) is 5.27. The lowest BCUT2D eigenvalue weighted by Gasteiger charge is -2.57. The van der Waals surface area contributed by atoms with E-state index in [9.17, 15) is 5.11 Å². The Morgan fingerprint density at radius 1 is 1.08 bits per heavy atom. The Bertz CT molecular complexity index is 205. The van der Waals surface area contributed by atoms with Gasteiger partial charge in [-0.3, -0.25) is 0 Å². The van der Waals surface area contributed by atoms with Crippen molar-refractivity contribution in [1.29, 1.82) is 0 Å². The molecule has 0 aromatic carbocycles. The maximum Gasteiger partial charge on any atom is 0.0657 e. The molecule has 4 aliphatic carbocycles. The predicted octanol–water partition coefficient (Wildman–Crippen LogP) is 1.31. The van der Waals surface area contributed by atoms with Crippen LogP contribution in [0.5, 0.6) is 0 Å². The van der Waals surface area contributed by atoms with Gasteiger partial charge in [0.2, 0.25) is 0 Å². The van der Waals surface area contributed by atoms with Crippen LogP contribution in [0.2, 0.25) is 0 Å². The molecule has 2 nitrogen and oxygen atoms in total. The molecule has 13 heavy (non-hydrogen) atoms. The van der Waals surface area contributed by atoms with E-state index in [0.29, 0.717) is 17.9 Å². The summed E-state index contributed by atoms with van der Waals surface area (Å²) in [6.45, 7) is 0. The highest BCUT2D eigenvalue weighted by molar-refractivity contribution is 5.85. The van der Waals surface area contributed by atoms with Gasteiger partial charge in [-0.2, -0.15) is 0 Å². The molecule has 0 spiro atoms. The first-order valence-electron chi connectivity index (χ1n) is 5.14. The van der Waals surface area contributed by atoms with Crippen LogP contribution in [0.4, 0.5) is 0 Å². The summed E-state index contributed by atoms with van der Waals surface area (Å²) in [4.78, 5) is 0. The van der Waals surface area contributed by atoms with Gasteiger partial charge in [0.15, 0.2) is 0 Å². The smallest absolute Gasteiger partial charge is 0.0657 e. The van der Waals surface area contributed by atoms with Gasteiger partial charge >= 0.3 is 0 Å². The maximum atomic E-state index is 10.2. The zero-order chi connectivity index (χ0) is 8.34. The topological polar surface area (TPSA) is 46.2 Å². The molecule has 3 N–H and O–H groups in total. The van der Waals surface area contributed by atoms with Crippen molar-refractivity contribution in [2.75, 3.05) is 0 Å². The van der Waals surface area contributed by atoms with E-state index in [1.54, 1.807) is 0 Å². The van der Waals surface area contributed by atoms with Crippen LogP contribution in [-0.4, -0.2) is 16.7 Å². The van der Waals surface area contributed by atoms with Gasteiger partial charge in [0.1, 0.15) is 0 Å². The highest BCUT2D eigenvalue weighted by Gasteiger charge is 2.53. The van der Waals surface area contributed by atoms with Gasteiger partial charge < -0.3 is 10.8 Å². The average Bonchev–Trinajstić information content (AvgIpc) is 1.96. The van der Waals surface area contributed by atoms with Gasteiger partial charge in [-0.05, 0) is 49.9 Å². The van der Waals surface area contributed by atoms with E-state index >= 15 is 0 Å². The Hall–Kier alpha value is 0.210. The van der Waals surface area contributed by atoms with Crippen molar-refractivity contribution in [3.8, 4) is 0 Å². The van der Waals surface area contributed by atoms with Crippen molar-refractivity contribution in [2.24, 2.45) is 23.5 Å². The van der Waals surface area contributed by atoms with E-state index in [0.717, 1.165) is 25.2 Å². The second-order valence-corrected chi connectivity index (χ2v) is 5.27. The first-order chi connectivity index (χ1) is 5.66. The monoisotopic (exact) mass is 203 g/mol. The van der Waals surface area contributed by atoms with Crippen molar-refractivity contribution >= 4 is 12.4 Å². The van der Waals surface area contributed by atoms with Crippen molar-refractivity contribution in [3.05, 3.63) is 0 Å². The molecule has 4 aliphatic rings. The van der Waals surface area contributed by atoms with Crippen LogP contribution < -0.4 is 5.73 Å². The Morgan fingerprint density at radius 2 is 1.62 bits per heavy atom. The Balaban J connectivity index is 0.000000653. The van der Waals surface area contributed by atoms with Crippen LogP contribution in [0.15, 0.2) is 0 Å². The predicted molar refractivity (Wildman–Crippen MR) is 53.7 cm³/mol. The fourth-order valence-electron chi connectivity index (χ4n) is 4.02. The standard InChI is InChI=1S/C10H17NO.ClH/c11-9-7-1-6-2-8(9)5-10(12,3-6)4-7;/h6-9,12H,1-5,11H2;1H/t6-,7+,8-,9?,10?;. The van der Waals surface area contributed by atoms with Gasteiger partial charge in [-0.15, -0.1) is 12.4 Å². The van der Waals surface area contributed by atoms with Crippen LogP contribution in [0, 0.1) is 17.8 Å². The minimum absolute atomic E-state index is 0. The quantitative estimate of drug-likeness (QED) is 0.624. The summed E-state index contributed by atoms with van der Waals surface area (Å²) >= 11 is 0. The summed E-state index contributed by atoms with van der Waals surface area (Å²) in [5.74, 6) is 2.08. The van der Waals surface area contributed by atoms with Gasteiger partial charge in [0.05, 0.1) is 5.60 Å². The highest BCUT2D eigenvalue weighted by atomic mass is 35.5. The van der Waals surface area contributed by atoms with Crippen LogP contribution in [0.1, 0.15) is 32.1 Å². The average molecular weight is 204 g/mol. The molecule has 0 radical (unpaired) electrons. The number of rotatable bonds is 0. The molecule has 4 rings (SSSR count). The van der Waals surface area contributed by atoms with E-state index in [4.69, 9.17) is 5.73 Å². The molecule has 0 heterocycles. The molecule has 76 valence electrons. The molecule has 0 amide bonds. The third-order valence-corrected chi connectivity index (χ3v) is 4.31. The van der Waals surface area contributed by atoms with Gasteiger partial charge in [0, 0.05) is 6.04 Å². The fraction of sp³-hybridized carbons (Fsp3) is 1.00. The molecule has 4 fully saturated rings. The summed E-state index contributed by atoms with van der Waals surface area (Å²) < 4.78 is 0. The van der Waals surface area contributed by atoms with Crippen molar-refractivity contribution < 1.29 is 5.11 Å². The molecule has 4 bridgehead atoms. The molecular formula is C10H18ClNO. The van der Waals surface area contributed by atoms with Crippen molar-refractivity contribution in [3.63, 3.8) is 0 Å². The summed E-state index contributed by atoms with van der Waals surface area (Å²) in [5.41, 5.74) is 5.82. The number of halogens is 1. The van der Waals surface area contributed by atoms with E-state index in [2.05, 4.69) is 0 Å². The Morgan fingerprint density at radius 3 is 2.08 bits per heavy atom. The zero-order valence-corrected chi connectivity index (χ0v) is 8.59. The number of aliphatic hydroxyl groups is 1. The van der Waals surface area contributed by atoms with Gasteiger partial charge in [-0.25, -0.2) is 0 Å². The summed E-state index contributed by atoms with van der Waals surface area (Å²) in [5, 5.41) is 10.2. The molecule has 2 unspecified atom stereocenters. The number of hydrogen-bond donors (Lipinski definition) is 2. The zero-order valence-electron chi connectivity index (χ0n) is 7.78. The highest BCUT2D eigenvalue weighted by Crippen LogP contribution is 2.54. The minimum Gasteiger partial charge on any atom is -0.390 e. The van der Waals surface area contributed by atoms with Crippen LogP contribution >= 0.6 is 12.4 Å². The fourth-order valence-corrected chi connectivity index (χ4v) is 4.02. The van der Waals surface area contributed by atoms with E-state index < -0.39 is 0 Å². The van der Waals surface area contributed by atoms with E-state index in [-0.39, 0.29) is 18.0 Å². The maximum absolute atomic E-state index is 10.2. The first kappa shape index (κ1) is 9.75. The molecule has 0 aliphatic heterocycles. The molecule has 0 saturated heterocycles. The Kier molecular flexibility index (Phi) is 2.14. The lowest BCUT2D eigenvalue weighted by Crippen LogP contribution is -2.59. The van der Waals surface area contributed by atoms with Gasteiger partial charge in [-0.1, -0.05) is 0 Å². The lowest BCUT2D eigenvalue weighted by molar-refractivity contribution is -0.132. The minimum atomic E-state index is -0.299. The molecule has 3 heteroatoms. The number of hydrogen-bond acceptors (Lipinski definition) is 2. The molecule has 0 aromatic heterocycles. The molecular weight excluding hydrogens is 186 g/mol. The first-order valence-corrected chi connectivity index (χ1v) is 5.14. The van der Waals surface area contributed by atoms with Crippen LogP contribution in [-0.2, 0) is 0 Å². The normalized spacial score (nSPS) is 57.7. The van der Waals surface area contributed by atoms with Crippen molar-refractivity contribution in [1.82, 2.24) is 0 Å². The molecule has 4 saturated carbocycles. The third kappa shape index (κ3) is 1.31. The molecule has 5 atom stereocenters. The summed E-state index contributed by atoms with van der Waals surface area (Å²) in [7, 11) is 0. The summed E-state index contributed by atoms with van der Waals surface area (Å²) in [6.07, 6.45) is 5.62. The Labute approximate surface area is 85.3 Å². The van der Waals surface area contributed by atoms with Crippen molar-refractivity contribution in [2.45, 2.75) is 43.7 Å². The SMILES string of the molecule is Cl.NC1[C@@H]2C[C@H]3C[C@H]1CC(O)(C3)C2. The third-order valence-electron chi connectivity index (χ3n) is 4.31. The van der Waals surface area contributed by atoms with E-state index in [1.165, 1.54) is 12.8 Å². The summed E-state index contributed by atoms with van der Waals surface area (Å²) in [6, 6.07) is 0.404. The molecule has 0 aromatic rings. The lowest BCUT2D eigenvalue weighted by atomic mass is 9.52. The number of nitrogens with two attached hydrogens (primary N) is 1. The second kappa shape index (κ2) is 2.85. The largest absolute Gasteiger partial charge is 0.390 e. The van der Waals surface area contributed by atoms with Gasteiger partial charge in [0.25, 0.3) is 0 Å².